The molecular weight excluding hydrogens is 157 g/mol. The van der Waals surface area contributed by atoms with E-state index < -0.39 is 7.12 Å². The monoisotopic (exact) mass is 163 g/mol. The van der Waals surface area contributed by atoms with Crippen molar-refractivity contribution in [2.45, 2.75) is 0 Å². The van der Waals surface area contributed by atoms with Gasteiger partial charge in [-0.05, 0) is 6.07 Å². The van der Waals surface area contributed by atoms with Crippen molar-refractivity contribution in [3.63, 3.8) is 0 Å². The van der Waals surface area contributed by atoms with Gasteiger partial charge < -0.3 is 15.8 Å². The number of nitriles is 1. The number of anilines is 1. The molecule has 0 saturated heterocycles. The summed E-state index contributed by atoms with van der Waals surface area (Å²) < 4.78 is 0. The number of hydrogen-bond donors (Lipinski definition) is 3. The Bertz CT molecular complexity index is 334. The zero-order valence-electron chi connectivity index (χ0n) is 6.10. The molecule has 1 rings (SSSR count). The van der Waals surface area contributed by atoms with E-state index in [-0.39, 0.29) is 16.8 Å². The predicted molar refractivity (Wildman–Crippen MR) is 43.2 cm³/mol. The number of aromatic nitrogens is 1. The summed E-state index contributed by atoms with van der Waals surface area (Å²) >= 11 is 0. The summed E-state index contributed by atoms with van der Waals surface area (Å²) in [5.41, 5.74) is 5.79. The van der Waals surface area contributed by atoms with Gasteiger partial charge in [-0.15, -0.1) is 0 Å². The molecule has 0 amide bonds. The number of rotatable bonds is 1. The maximum Gasteiger partial charge on any atom is 0.492 e. The minimum Gasteiger partial charge on any atom is -0.423 e. The van der Waals surface area contributed by atoms with Crippen LogP contribution in [0.2, 0.25) is 0 Å². The molecule has 1 aromatic rings. The summed E-state index contributed by atoms with van der Waals surface area (Å²) in [6, 6.07) is 3.07. The van der Waals surface area contributed by atoms with Crippen molar-refractivity contribution < 1.29 is 10.0 Å². The lowest BCUT2D eigenvalue weighted by atomic mass is 9.80. The van der Waals surface area contributed by atoms with E-state index >= 15 is 0 Å². The van der Waals surface area contributed by atoms with Crippen molar-refractivity contribution in [3.8, 4) is 6.07 Å². The molecular formula is C6H6BN3O2. The van der Waals surface area contributed by atoms with Gasteiger partial charge in [-0.25, -0.2) is 4.98 Å². The summed E-state index contributed by atoms with van der Waals surface area (Å²) in [6.07, 6.45) is 1.17. The molecule has 0 unspecified atom stereocenters. The Hall–Kier alpha value is -1.58. The lowest BCUT2D eigenvalue weighted by Crippen LogP contribution is -2.32. The first-order valence-corrected chi connectivity index (χ1v) is 3.17. The summed E-state index contributed by atoms with van der Waals surface area (Å²) in [4.78, 5) is 3.62. The normalized spacial score (nSPS) is 9.08. The van der Waals surface area contributed by atoms with Crippen molar-refractivity contribution in [1.29, 1.82) is 5.26 Å². The lowest BCUT2D eigenvalue weighted by Gasteiger charge is -2.02. The van der Waals surface area contributed by atoms with Gasteiger partial charge >= 0.3 is 7.12 Å². The van der Waals surface area contributed by atoms with Crippen LogP contribution in [0.3, 0.4) is 0 Å². The van der Waals surface area contributed by atoms with Crippen LogP contribution in [0.5, 0.6) is 0 Å². The molecule has 6 heteroatoms. The van der Waals surface area contributed by atoms with Crippen LogP contribution in [0.4, 0.5) is 5.69 Å². The molecule has 5 nitrogen and oxygen atoms in total. The smallest absolute Gasteiger partial charge is 0.423 e. The fourth-order valence-electron chi connectivity index (χ4n) is 0.758. The molecule has 0 saturated carbocycles. The number of nitrogens with zero attached hydrogens (tertiary/aromatic N) is 2. The second-order valence-electron chi connectivity index (χ2n) is 2.18. The Balaban J connectivity index is 3.14. The molecule has 0 aliphatic rings. The SMILES string of the molecule is N#Cc1cc(N)c(B(O)O)cn1. The fourth-order valence-corrected chi connectivity index (χ4v) is 0.758. The van der Waals surface area contributed by atoms with Crippen LogP contribution in [0.25, 0.3) is 0 Å². The minimum atomic E-state index is -1.65. The quantitative estimate of drug-likeness (QED) is 0.424. The molecule has 0 fully saturated rings. The number of nitrogens with two attached hydrogens (primary N) is 1. The van der Waals surface area contributed by atoms with E-state index in [9.17, 15) is 0 Å². The molecule has 4 N–H and O–H groups in total. The Kier molecular flexibility index (Phi) is 2.28. The van der Waals surface area contributed by atoms with E-state index in [1.165, 1.54) is 12.3 Å². The van der Waals surface area contributed by atoms with Crippen LogP contribution in [0, 0.1) is 11.3 Å². The van der Waals surface area contributed by atoms with Gasteiger partial charge in [-0.3, -0.25) is 0 Å². The van der Waals surface area contributed by atoms with Gasteiger partial charge in [0.15, 0.2) is 0 Å². The van der Waals surface area contributed by atoms with E-state index in [4.69, 9.17) is 21.0 Å². The zero-order valence-corrected chi connectivity index (χ0v) is 6.10. The molecule has 0 aliphatic heterocycles. The Morgan fingerprint density at radius 2 is 2.25 bits per heavy atom. The first-order chi connectivity index (χ1) is 5.65. The third-order valence-corrected chi connectivity index (χ3v) is 1.36. The molecule has 0 atom stereocenters. The highest BCUT2D eigenvalue weighted by Crippen LogP contribution is 1.99. The van der Waals surface area contributed by atoms with Gasteiger partial charge in [0, 0.05) is 17.3 Å². The summed E-state index contributed by atoms with van der Waals surface area (Å²) in [7, 11) is -1.65. The molecule has 12 heavy (non-hydrogen) atoms. The maximum absolute atomic E-state index is 8.72. The Labute approximate surface area is 69.2 Å². The topological polar surface area (TPSA) is 103 Å². The van der Waals surface area contributed by atoms with E-state index in [1.54, 1.807) is 6.07 Å². The van der Waals surface area contributed by atoms with E-state index in [1.807, 2.05) is 0 Å². The third kappa shape index (κ3) is 1.53. The molecule has 0 aliphatic carbocycles. The molecule has 1 aromatic heterocycles. The molecule has 60 valence electrons. The first-order valence-electron chi connectivity index (χ1n) is 3.17. The van der Waals surface area contributed by atoms with Gasteiger partial charge in [-0.2, -0.15) is 5.26 Å². The van der Waals surface area contributed by atoms with E-state index in [0.29, 0.717) is 0 Å². The highest BCUT2D eigenvalue weighted by Gasteiger charge is 2.15. The summed E-state index contributed by atoms with van der Waals surface area (Å²) in [6.45, 7) is 0. The van der Waals surface area contributed by atoms with E-state index in [2.05, 4.69) is 4.98 Å². The highest BCUT2D eigenvalue weighted by atomic mass is 16.4. The highest BCUT2D eigenvalue weighted by molar-refractivity contribution is 6.60. The van der Waals surface area contributed by atoms with Crippen LogP contribution < -0.4 is 11.2 Å². The van der Waals surface area contributed by atoms with Gasteiger partial charge in [-0.1, -0.05) is 0 Å². The second-order valence-corrected chi connectivity index (χ2v) is 2.18. The van der Waals surface area contributed by atoms with Crippen LogP contribution in [0.1, 0.15) is 5.69 Å². The molecule has 0 spiro atoms. The summed E-state index contributed by atoms with van der Waals surface area (Å²) in [5.74, 6) is 0. The summed E-state index contributed by atoms with van der Waals surface area (Å²) in [5, 5.41) is 25.8. The van der Waals surface area contributed by atoms with Crippen molar-refractivity contribution in [1.82, 2.24) is 4.98 Å². The average molecular weight is 163 g/mol. The minimum absolute atomic E-state index is 0.106. The number of nitrogen functional groups attached to an aromatic ring is 1. The second kappa shape index (κ2) is 3.22. The first kappa shape index (κ1) is 8.52. The van der Waals surface area contributed by atoms with Crippen LogP contribution in [-0.2, 0) is 0 Å². The van der Waals surface area contributed by atoms with Crippen LogP contribution >= 0.6 is 0 Å². The van der Waals surface area contributed by atoms with Crippen molar-refractivity contribution in [2.24, 2.45) is 0 Å². The Morgan fingerprint density at radius 3 is 2.67 bits per heavy atom. The van der Waals surface area contributed by atoms with Gasteiger partial charge in [0.2, 0.25) is 0 Å². The number of pyridine rings is 1. The number of hydrogen-bond acceptors (Lipinski definition) is 5. The lowest BCUT2D eigenvalue weighted by molar-refractivity contribution is 0.426. The van der Waals surface area contributed by atoms with Crippen molar-refractivity contribution in [2.75, 3.05) is 5.73 Å². The largest absolute Gasteiger partial charge is 0.492 e. The van der Waals surface area contributed by atoms with Crippen molar-refractivity contribution in [3.05, 3.63) is 18.0 Å². The maximum atomic E-state index is 8.72. The fraction of sp³-hybridized carbons (Fsp3) is 0. The predicted octanol–water partition coefficient (Wildman–Crippen LogP) is -1.78. The van der Waals surface area contributed by atoms with Crippen molar-refractivity contribution >= 4 is 18.3 Å². The van der Waals surface area contributed by atoms with Gasteiger partial charge in [0.05, 0.1) is 0 Å². The average Bonchev–Trinajstić information content (AvgIpc) is 2.03. The van der Waals surface area contributed by atoms with Gasteiger partial charge in [0.25, 0.3) is 0 Å². The van der Waals surface area contributed by atoms with Crippen LogP contribution in [0.15, 0.2) is 12.3 Å². The molecule has 1 heterocycles. The van der Waals surface area contributed by atoms with Crippen LogP contribution in [-0.4, -0.2) is 22.2 Å². The zero-order chi connectivity index (χ0) is 9.14. The third-order valence-electron chi connectivity index (χ3n) is 1.36. The molecule has 0 radical (unpaired) electrons. The molecule has 0 bridgehead atoms. The van der Waals surface area contributed by atoms with E-state index in [0.717, 1.165) is 0 Å². The van der Waals surface area contributed by atoms with Gasteiger partial charge in [0.1, 0.15) is 11.8 Å². The Morgan fingerprint density at radius 1 is 1.58 bits per heavy atom. The standard InChI is InChI=1S/C6H6BN3O2/c8-2-4-1-6(9)5(3-10-4)7(11)12/h1,3,11-12H,(H2,9,10). The molecule has 0 aromatic carbocycles.